The zero-order valence-electron chi connectivity index (χ0n) is 19.9. The largest absolute Gasteiger partial charge is 0.493 e. The van der Waals surface area contributed by atoms with Gasteiger partial charge in [-0.25, -0.2) is 14.5 Å². The van der Waals surface area contributed by atoms with E-state index in [1.807, 2.05) is 25.1 Å². The molecule has 5 rings (SSSR count). The molecule has 1 aromatic carbocycles. The third kappa shape index (κ3) is 4.19. The van der Waals surface area contributed by atoms with Gasteiger partial charge in [-0.2, -0.15) is 0 Å². The fraction of sp³-hybridized carbons (Fsp3) is 0.417. The summed E-state index contributed by atoms with van der Waals surface area (Å²) in [6.45, 7) is 7.47. The highest BCUT2D eigenvalue weighted by molar-refractivity contribution is 7.19. The van der Waals surface area contributed by atoms with Crippen LogP contribution in [0.2, 0.25) is 0 Å². The van der Waals surface area contributed by atoms with Gasteiger partial charge in [-0.05, 0) is 50.1 Å². The molecule has 9 nitrogen and oxygen atoms in total. The molecule has 0 bridgehead atoms. The smallest absolute Gasteiger partial charge is 0.192 e. The number of benzene rings is 1. The first kappa shape index (κ1) is 22.5. The monoisotopic (exact) mass is 480 g/mol. The Morgan fingerprint density at radius 3 is 2.85 bits per heavy atom. The first-order chi connectivity index (χ1) is 16.6. The van der Waals surface area contributed by atoms with Crippen LogP contribution in [0, 0.1) is 0 Å². The van der Waals surface area contributed by atoms with Gasteiger partial charge in [-0.15, -0.1) is 16.4 Å². The molecule has 0 atom stereocenters. The van der Waals surface area contributed by atoms with Gasteiger partial charge < -0.3 is 14.3 Å². The third-order valence-electron chi connectivity index (χ3n) is 6.04. The minimum Gasteiger partial charge on any atom is -0.493 e. The molecule has 1 aliphatic rings. The fourth-order valence-corrected chi connectivity index (χ4v) is 5.58. The number of nitrogens with zero attached hydrogens (tertiary/aromatic N) is 6. The van der Waals surface area contributed by atoms with Gasteiger partial charge in [0.25, 0.3) is 0 Å². The number of ether oxygens (including phenoxy) is 2. The highest BCUT2D eigenvalue weighted by Gasteiger charge is 2.24. The van der Waals surface area contributed by atoms with E-state index in [9.17, 15) is 0 Å². The van der Waals surface area contributed by atoms with Gasteiger partial charge in [0.15, 0.2) is 29.6 Å². The number of rotatable bonds is 8. The second-order valence-electron chi connectivity index (χ2n) is 8.27. The first-order valence-corrected chi connectivity index (χ1v) is 12.2. The summed E-state index contributed by atoms with van der Waals surface area (Å²) in [5.41, 5.74) is 3.81. The lowest BCUT2D eigenvalue weighted by molar-refractivity contribution is 0.125. The van der Waals surface area contributed by atoms with Crippen molar-refractivity contribution in [2.45, 2.75) is 39.8 Å². The molecule has 0 fully saturated rings. The van der Waals surface area contributed by atoms with Crippen molar-refractivity contribution in [3.63, 3.8) is 0 Å². The van der Waals surface area contributed by atoms with Crippen molar-refractivity contribution in [1.82, 2.24) is 24.5 Å². The molecule has 178 valence electrons. The average molecular weight is 481 g/mol. The molecule has 0 aliphatic carbocycles. The molecule has 34 heavy (non-hydrogen) atoms. The molecule has 4 heterocycles. The molecule has 0 saturated heterocycles. The summed E-state index contributed by atoms with van der Waals surface area (Å²) in [4.78, 5) is 19.9. The summed E-state index contributed by atoms with van der Waals surface area (Å²) in [7, 11) is 3.22. The maximum Gasteiger partial charge on any atom is 0.192 e. The molecule has 1 aliphatic heterocycles. The Balaban J connectivity index is 1.35. The summed E-state index contributed by atoms with van der Waals surface area (Å²) >= 11 is 1.77. The number of aromatic nitrogens is 4. The highest BCUT2D eigenvalue weighted by Crippen LogP contribution is 2.36. The zero-order valence-corrected chi connectivity index (χ0v) is 20.7. The lowest BCUT2D eigenvalue weighted by atomic mass is 10.1. The molecule has 0 spiro atoms. The molecule has 0 amide bonds. The van der Waals surface area contributed by atoms with Crippen LogP contribution in [0.15, 0.2) is 29.7 Å². The van der Waals surface area contributed by atoms with Crippen molar-refractivity contribution in [2.75, 3.05) is 27.3 Å². The quantitative estimate of drug-likeness (QED) is 0.278. The molecule has 0 unspecified atom stereocenters. The third-order valence-corrected chi connectivity index (χ3v) is 7.16. The van der Waals surface area contributed by atoms with Gasteiger partial charge in [-0.1, -0.05) is 12.1 Å². The Bertz CT molecular complexity index is 1360. The van der Waals surface area contributed by atoms with E-state index >= 15 is 0 Å². The van der Waals surface area contributed by atoms with Crippen LogP contribution in [0.25, 0.3) is 15.9 Å². The SMILES string of the molecule is CCCN1CCc2c(sc3ncn4nc(CON=C(C)c5ccc(OC)c(OC)c5)nc4c23)C1. The zero-order chi connectivity index (χ0) is 23.7. The van der Waals surface area contributed by atoms with E-state index in [0.29, 0.717) is 17.3 Å². The first-order valence-electron chi connectivity index (χ1n) is 11.4. The number of fused-ring (bicyclic) bond motifs is 5. The molecule has 3 aromatic heterocycles. The maximum atomic E-state index is 5.60. The number of hydrogen-bond acceptors (Lipinski definition) is 9. The summed E-state index contributed by atoms with van der Waals surface area (Å²) in [6.07, 6.45) is 3.92. The van der Waals surface area contributed by atoms with E-state index < -0.39 is 0 Å². The van der Waals surface area contributed by atoms with Gasteiger partial charge in [0.1, 0.15) is 11.2 Å². The van der Waals surface area contributed by atoms with Gasteiger partial charge >= 0.3 is 0 Å². The van der Waals surface area contributed by atoms with Gasteiger partial charge in [-0.3, -0.25) is 4.90 Å². The maximum absolute atomic E-state index is 5.60. The highest BCUT2D eigenvalue weighted by atomic mass is 32.1. The fourth-order valence-electron chi connectivity index (χ4n) is 4.36. The molecule has 0 N–H and O–H groups in total. The Morgan fingerprint density at radius 1 is 1.21 bits per heavy atom. The van der Waals surface area contributed by atoms with E-state index in [2.05, 4.69) is 27.1 Å². The van der Waals surface area contributed by atoms with Crippen LogP contribution in [0.4, 0.5) is 0 Å². The molecular formula is C24H28N6O3S. The van der Waals surface area contributed by atoms with Crippen molar-refractivity contribution in [3.05, 3.63) is 46.4 Å². The van der Waals surface area contributed by atoms with Crippen LogP contribution in [0.1, 0.15) is 42.1 Å². The Morgan fingerprint density at radius 2 is 2.06 bits per heavy atom. The van der Waals surface area contributed by atoms with Crippen molar-refractivity contribution < 1.29 is 14.3 Å². The van der Waals surface area contributed by atoms with Crippen molar-refractivity contribution in [1.29, 1.82) is 0 Å². The average Bonchev–Trinajstić information content (AvgIpc) is 3.43. The predicted octanol–water partition coefficient (Wildman–Crippen LogP) is 4.07. The Hall–Kier alpha value is -3.24. The number of thiophene rings is 1. The normalized spacial score (nSPS) is 14.5. The van der Waals surface area contributed by atoms with E-state index in [0.717, 1.165) is 53.2 Å². The minimum atomic E-state index is 0.171. The molecule has 4 aromatic rings. The van der Waals surface area contributed by atoms with Crippen molar-refractivity contribution in [2.24, 2.45) is 5.16 Å². The summed E-state index contributed by atoms with van der Waals surface area (Å²) in [6, 6.07) is 5.63. The standard InChI is InChI=1S/C24H28N6O3S/c1-5-9-29-10-8-17-20(12-29)34-24-22(17)23-26-21(27-30(23)14-25-24)13-33-28-15(2)16-6-7-18(31-3)19(11-16)32-4/h6-7,11,14H,5,8-10,12-13H2,1-4H3. The van der Waals surface area contributed by atoms with E-state index in [1.54, 1.807) is 36.4 Å². The molecular weight excluding hydrogens is 452 g/mol. The van der Waals surface area contributed by atoms with Crippen LogP contribution in [-0.2, 0) is 24.4 Å². The second kappa shape index (κ2) is 9.55. The number of oxime groups is 1. The van der Waals surface area contributed by atoms with Crippen LogP contribution < -0.4 is 9.47 Å². The van der Waals surface area contributed by atoms with E-state index in [1.165, 1.54) is 16.9 Å². The van der Waals surface area contributed by atoms with Crippen LogP contribution in [0.3, 0.4) is 0 Å². The topological polar surface area (TPSA) is 86.4 Å². The number of methoxy groups -OCH3 is 2. The lowest BCUT2D eigenvalue weighted by Gasteiger charge is -2.26. The molecule has 10 heteroatoms. The van der Waals surface area contributed by atoms with E-state index in [-0.39, 0.29) is 6.61 Å². The molecule has 0 saturated carbocycles. The number of hydrogen-bond donors (Lipinski definition) is 0. The second-order valence-corrected chi connectivity index (χ2v) is 9.35. The van der Waals surface area contributed by atoms with Crippen LogP contribution in [0.5, 0.6) is 11.5 Å². The van der Waals surface area contributed by atoms with Crippen molar-refractivity contribution in [3.8, 4) is 11.5 Å². The Kier molecular flexibility index (Phi) is 6.34. The van der Waals surface area contributed by atoms with Crippen LogP contribution in [-0.4, -0.2) is 57.5 Å². The summed E-state index contributed by atoms with van der Waals surface area (Å²) in [5, 5.41) is 9.94. The minimum absolute atomic E-state index is 0.171. The van der Waals surface area contributed by atoms with E-state index in [4.69, 9.17) is 19.3 Å². The van der Waals surface area contributed by atoms with Gasteiger partial charge in [0.05, 0.1) is 25.3 Å². The predicted molar refractivity (Wildman–Crippen MR) is 132 cm³/mol. The summed E-state index contributed by atoms with van der Waals surface area (Å²) in [5.74, 6) is 1.88. The Labute approximate surface area is 202 Å². The molecule has 0 radical (unpaired) electrons. The summed E-state index contributed by atoms with van der Waals surface area (Å²) < 4.78 is 12.4. The van der Waals surface area contributed by atoms with Crippen molar-refractivity contribution >= 4 is 32.9 Å². The van der Waals surface area contributed by atoms with Crippen LogP contribution >= 0.6 is 11.3 Å². The van der Waals surface area contributed by atoms with Gasteiger partial charge in [0.2, 0.25) is 0 Å². The lowest BCUT2D eigenvalue weighted by Crippen LogP contribution is -2.30. The van der Waals surface area contributed by atoms with Gasteiger partial charge in [0, 0.05) is 23.5 Å².